The monoisotopic (exact) mass is 343 g/mol. The van der Waals surface area contributed by atoms with Gasteiger partial charge in [0.1, 0.15) is 0 Å². The van der Waals surface area contributed by atoms with Crippen LogP contribution in [0.3, 0.4) is 0 Å². The molecule has 0 aliphatic carbocycles. The summed E-state index contributed by atoms with van der Waals surface area (Å²) in [6.07, 6.45) is 1.08. The predicted molar refractivity (Wildman–Crippen MR) is 99.2 cm³/mol. The Labute approximate surface area is 150 Å². The lowest BCUT2D eigenvalue weighted by atomic mass is 10.1. The van der Waals surface area contributed by atoms with Crippen molar-refractivity contribution in [3.05, 3.63) is 52.8 Å². The number of aromatic nitrogens is 2. The molecule has 0 aliphatic rings. The normalized spacial score (nSPS) is 11.6. The fraction of sp³-hybridized carbons (Fsp3) is 0.500. The molecule has 5 heteroatoms. The van der Waals surface area contributed by atoms with Gasteiger partial charge in [0.25, 0.3) is 0 Å². The van der Waals surface area contributed by atoms with Crippen molar-refractivity contribution in [2.45, 2.75) is 52.7 Å². The molecule has 1 heterocycles. The summed E-state index contributed by atoms with van der Waals surface area (Å²) in [7, 11) is 1.92. The first-order valence-corrected chi connectivity index (χ1v) is 8.70. The minimum atomic E-state index is -0.926. The summed E-state index contributed by atoms with van der Waals surface area (Å²) in [5.41, 5.74) is 3.35. The lowest BCUT2D eigenvalue weighted by Crippen LogP contribution is -2.41. The Morgan fingerprint density at radius 3 is 2.40 bits per heavy atom. The fourth-order valence-corrected chi connectivity index (χ4v) is 3.07. The van der Waals surface area contributed by atoms with Crippen LogP contribution in [0.4, 0.5) is 0 Å². The van der Waals surface area contributed by atoms with Gasteiger partial charge in [-0.15, -0.1) is 0 Å². The van der Waals surface area contributed by atoms with Gasteiger partial charge in [0.2, 0.25) is 5.91 Å². The zero-order chi connectivity index (χ0) is 18.6. The van der Waals surface area contributed by atoms with Crippen molar-refractivity contribution < 1.29 is 9.90 Å². The Hall–Kier alpha value is -2.14. The molecule has 5 nitrogen and oxygen atoms in total. The van der Waals surface area contributed by atoms with Crippen molar-refractivity contribution in [3.8, 4) is 0 Å². The molecule has 0 aliphatic heterocycles. The van der Waals surface area contributed by atoms with Gasteiger partial charge < -0.3 is 10.0 Å². The SMILES string of the molecule is Cc1nn(C)c(C)c1CCC(=O)N(Cc1ccccc1)CC(C)(C)O. The smallest absolute Gasteiger partial charge is 0.223 e. The maximum atomic E-state index is 12.8. The van der Waals surface area contributed by atoms with Crippen molar-refractivity contribution in [2.75, 3.05) is 6.54 Å². The average molecular weight is 343 g/mol. The first kappa shape index (κ1) is 19.2. The first-order chi connectivity index (χ1) is 11.7. The summed E-state index contributed by atoms with van der Waals surface area (Å²) < 4.78 is 1.85. The van der Waals surface area contributed by atoms with Gasteiger partial charge in [-0.1, -0.05) is 30.3 Å². The highest BCUT2D eigenvalue weighted by Crippen LogP contribution is 2.17. The van der Waals surface area contributed by atoms with Crippen molar-refractivity contribution >= 4 is 5.91 Å². The van der Waals surface area contributed by atoms with E-state index >= 15 is 0 Å². The van der Waals surface area contributed by atoms with Gasteiger partial charge in [-0.25, -0.2) is 0 Å². The molecule has 1 N–H and O–H groups in total. The topological polar surface area (TPSA) is 58.4 Å². The van der Waals surface area contributed by atoms with Crippen LogP contribution in [0, 0.1) is 13.8 Å². The summed E-state index contributed by atoms with van der Waals surface area (Å²) in [4.78, 5) is 14.6. The molecule has 0 fully saturated rings. The molecule has 0 radical (unpaired) electrons. The van der Waals surface area contributed by atoms with E-state index in [0.717, 1.165) is 22.5 Å². The molecule has 1 aromatic carbocycles. The number of rotatable bonds is 7. The molecule has 2 aromatic rings. The second-order valence-electron chi connectivity index (χ2n) is 7.32. The van der Waals surface area contributed by atoms with Crippen molar-refractivity contribution in [3.63, 3.8) is 0 Å². The van der Waals surface area contributed by atoms with E-state index in [4.69, 9.17) is 0 Å². The summed E-state index contributed by atoms with van der Waals surface area (Å²) >= 11 is 0. The zero-order valence-corrected chi connectivity index (χ0v) is 15.9. The highest BCUT2D eigenvalue weighted by Gasteiger charge is 2.23. The Balaban J connectivity index is 2.09. The van der Waals surface area contributed by atoms with Crippen molar-refractivity contribution in [1.82, 2.24) is 14.7 Å². The number of aryl methyl sites for hydroxylation is 2. The summed E-state index contributed by atoms with van der Waals surface area (Å²) in [5.74, 6) is 0.0497. The minimum absolute atomic E-state index is 0.0497. The molecule has 0 saturated heterocycles. The molecule has 136 valence electrons. The number of nitrogens with zero attached hydrogens (tertiary/aromatic N) is 3. The highest BCUT2D eigenvalue weighted by atomic mass is 16.3. The van der Waals surface area contributed by atoms with E-state index < -0.39 is 5.60 Å². The first-order valence-electron chi connectivity index (χ1n) is 8.70. The van der Waals surface area contributed by atoms with E-state index in [1.54, 1.807) is 18.7 Å². The van der Waals surface area contributed by atoms with E-state index in [2.05, 4.69) is 5.10 Å². The molecule has 1 amide bonds. The maximum Gasteiger partial charge on any atom is 0.223 e. The number of hydrogen-bond acceptors (Lipinski definition) is 3. The largest absolute Gasteiger partial charge is 0.389 e. The van der Waals surface area contributed by atoms with E-state index in [1.807, 2.05) is 55.9 Å². The highest BCUT2D eigenvalue weighted by molar-refractivity contribution is 5.76. The summed E-state index contributed by atoms with van der Waals surface area (Å²) in [6, 6.07) is 9.88. The van der Waals surface area contributed by atoms with E-state index in [-0.39, 0.29) is 5.91 Å². The molecule has 1 aromatic heterocycles. The van der Waals surface area contributed by atoms with E-state index in [0.29, 0.717) is 25.9 Å². The zero-order valence-electron chi connectivity index (χ0n) is 15.9. The third kappa shape index (κ3) is 5.43. The lowest BCUT2D eigenvalue weighted by molar-refractivity contribution is -0.134. The summed E-state index contributed by atoms with van der Waals surface area (Å²) in [5, 5.41) is 14.6. The van der Waals surface area contributed by atoms with Crippen LogP contribution in [0.2, 0.25) is 0 Å². The molecule has 0 unspecified atom stereocenters. The number of carbonyl (C=O) groups is 1. The van der Waals surface area contributed by atoms with Crippen LogP contribution in [-0.2, 0) is 24.8 Å². The number of hydrogen-bond donors (Lipinski definition) is 1. The van der Waals surface area contributed by atoms with Crippen LogP contribution in [0.25, 0.3) is 0 Å². The molecule has 0 saturated carbocycles. The molecule has 0 spiro atoms. The second-order valence-corrected chi connectivity index (χ2v) is 7.32. The number of amides is 1. The Morgan fingerprint density at radius 1 is 1.24 bits per heavy atom. The fourth-order valence-electron chi connectivity index (χ4n) is 3.07. The lowest BCUT2D eigenvalue weighted by Gasteiger charge is -2.29. The number of carbonyl (C=O) groups excluding carboxylic acids is 1. The number of benzene rings is 1. The van der Waals surface area contributed by atoms with Gasteiger partial charge in [0.05, 0.1) is 11.3 Å². The van der Waals surface area contributed by atoms with Gasteiger partial charge in [0, 0.05) is 32.3 Å². The van der Waals surface area contributed by atoms with Crippen molar-refractivity contribution in [2.24, 2.45) is 7.05 Å². The third-order valence-electron chi connectivity index (χ3n) is 4.39. The van der Waals surface area contributed by atoms with Crippen molar-refractivity contribution in [1.29, 1.82) is 0 Å². The quantitative estimate of drug-likeness (QED) is 0.841. The Morgan fingerprint density at radius 2 is 1.88 bits per heavy atom. The minimum Gasteiger partial charge on any atom is -0.389 e. The molecule has 0 bridgehead atoms. The van der Waals surface area contributed by atoms with Gasteiger partial charge in [-0.3, -0.25) is 9.48 Å². The molecular formula is C20H29N3O2. The van der Waals surface area contributed by atoms with E-state index in [9.17, 15) is 9.90 Å². The van der Waals surface area contributed by atoms with Crippen LogP contribution in [0.1, 0.15) is 42.8 Å². The third-order valence-corrected chi connectivity index (χ3v) is 4.39. The van der Waals surface area contributed by atoms with Gasteiger partial charge in [0.15, 0.2) is 0 Å². The standard InChI is InChI=1S/C20H29N3O2/c1-15-18(16(2)22(5)21-15)11-12-19(24)23(14-20(3,4)25)13-17-9-7-6-8-10-17/h6-10,25H,11-14H2,1-5H3. The Kier molecular flexibility index (Phi) is 6.01. The second kappa shape index (κ2) is 7.83. The Bertz CT molecular complexity index is 715. The summed E-state index contributed by atoms with van der Waals surface area (Å²) in [6.45, 7) is 8.28. The van der Waals surface area contributed by atoms with Crippen LogP contribution < -0.4 is 0 Å². The van der Waals surface area contributed by atoms with Crippen LogP contribution in [-0.4, -0.2) is 37.8 Å². The molecule has 2 rings (SSSR count). The van der Waals surface area contributed by atoms with Gasteiger partial charge in [-0.2, -0.15) is 5.10 Å². The maximum absolute atomic E-state index is 12.8. The van der Waals surface area contributed by atoms with Gasteiger partial charge >= 0.3 is 0 Å². The molecule has 0 atom stereocenters. The average Bonchev–Trinajstić information content (AvgIpc) is 2.77. The predicted octanol–water partition coefficient (Wildman–Crippen LogP) is 2.77. The van der Waals surface area contributed by atoms with E-state index in [1.165, 1.54) is 0 Å². The molecule has 25 heavy (non-hydrogen) atoms. The number of aliphatic hydroxyl groups is 1. The van der Waals surface area contributed by atoms with Crippen LogP contribution in [0.15, 0.2) is 30.3 Å². The van der Waals surface area contributed by atoms with Crippen LogP contribution >= 0.6 is 0 Å². The molecular weight excluding hydrogens is 314 g/mol. The van der Waals surface area contributed by atoms with Gasteiger partial charge in [-0.05, 0) is 45.2 Å². The van der Waals surface area contributed by atoms with Crippen LogP contribution in [0.5, 0.6) is 0 Å².